The van der Waals surface area contributed by atoms with Crippen LogP contribution in [0.4, 0.5) is 10.1 Å². The van der Waals surface area contributed by atoms with Gasteiger partial charge in [0.2, 0.25) is 5.91 Å². The maximum absolute atomic E-state index is 12.9. The predicted molar refractivity (Wildman–Crippen MR) is 92.7 cm³/mol. The fourth-order valence-electron chi connectivity index (χ4n) is 1.93. The Hall–Kier alpha value is -2.31. The second-order valence-electron chi connectivity index (χ2n) is 4.84. The Morgan fingerprint density at radius 2 is 1.88 bits per heavy atom. The van der Waals surface area contributed by atoms with E-state index in [0.29, 0.717) is 21.7 Å². The summed E-state index contributed by atoms with van der Waals surface area (Å²) < 4.78 is 18.5. The first-order chi connectivity index (χ1) is 11.6. The summed E-state index contributed by atoms with van der Waals surface area (Å²) in [5.41, 5.74) is 1.39. The highest BCUT2D eigenvalue weighted by atomic mass is 35.5. The summed E-state index contributed by atoms with van der Waals surface area (Å²) in [6.45, 7) is 0. The molecule has 0 saturated carbocycles. The molecule has 0 unspecified atom stereocenters. The minimum atomic E-state index is -0.313. The molecule has 7 heteroatoms. The monoisotopic (exact) mass is 362 g/mol. The molecule has 0 aliphatic carbocycles. The van der Waals surface area contributed by atoms with Crippen LogP contribution in [0.5, 0.6) is 0 Å². The zero-order valence-corrected chi connectivity index (χ0v) is 13.9. The highest BCUT2D eigenvalue weighted by molar-refractivity contribution is 7.99. The van der Waals surface area contributed by atoms with Crippen molar-refractivity contribution in [2.24, 2.45) is 0 Å². The van der Waals surface area contributed by atoms with Gasteiger partial charge in [0.15, 0.2) is 5.76 Å². The summed E-state index contributed by atoms with van der Waals surface area (Å²) in [5, 5.41) is 3.74. The van der Waals surface area contributed by atoms with Crippen LogP contribution >= 0.6 is 23.4 Å². The van der Waals surface area contributed by atoms with Gasteiger partial charge in [-0.25, -0.2) is 9.37 Å². The first-order valence-corrected chi connectivity index (χ1v) is 8.36. The molecule has 3 aromatic rings. The lowest BCUT2D eigenvalue weighted by atomic mass is 10.2. The number of aromatic nitrogens is 1. The van der Waals surface area contributed by atoms with Crippen LogP contribution in [0.15, 0.2) is 64.4 Å². The maximum atomic E-state index is 12.9. The molecule has 0 spiro atoms. The fraction of sp³-hybridized carbons (Fsp3) is 0.0588. The number of hydrogen-bond acceptors (Lipinski definition) is 4. The number of thioether (sulfide) groups is 1. The fourth-order valence-corrected chi connectivity index (χ4v) is 2.66. The zero-order valence-electron chi connectivity index (χ0n) is 12.3. The van der Waals surface area contributed by atoms with Gasteiger partial charge in [-0.3, -0.25) is 4.79 Å². The average Bonchev–Trinajstić information content (AvgIpc) is 3.05. The molecule has 3 rings (SSSR count). The zero-order chi connectivity index (χ0) is 16.9. The molecular weight excluding hydrogens is 351 g/mol. The minimum absolute atomic E-state index is 0.159. The Labute approximate surface area is 147 Å². The van der Waals surface area contributed by atoms with Gasteiger partial charge in [-0.2, -0.15) is 0 Å². The van der Waals surface area contributed by atoms with Crippen molar-refractivity contribution < 1.29 is 13.6 Å². The van der Waals surface area contributed by atoms with Gasteiger partial charge in [0, 0.05) is 16.3 Å². The molecule has 0 radical (unpaired) electrons. The van der Waals surface area contributed by atoms with Crippen LogP contribution in [0.2, 0.25) is 5.02 Å². The lowest BCUT2D eigenvalue weighted by Gasteiger charge is -2.03. The van der Waals surface area contributed by atoms with Gasteiger partial charge in [0.1, 0.15) is 5.82 Å². The molecule has 0 fully saturated rings. The average molecular weight is 363 g/mol. The summed E-state index contributed by atoms with van der Waals surface area (Å²) in [6.07, 6.45) is 1.55. The number of nitrogens with zero attached hydrogens (tertiary/aromatic N) is 1. The number of rotatable bonds is 5. The summed E-state index contributed by atoms with van der Waals surface area (Å²) in [5.74, 6) is 0.192. The molecule has 1 heterocycles. The van der Waals surface area contributed by atoms with Crippen molar-refractivity contribution in [2.45, 2.75) is 5.22 Å². The highest BCUT2D eigenvalue weighted by Gasteiger charge is 2.10. The minimum Gasteiger partial charge on any atom is -0.431 e. The molecule has 0 bridgehead atoms. The second-order valence-corrected chi connectivity index (χ2v) is 6.20. The van der Waals surface area contributed by atoms with Crippen LogP contribution < -0.4 is 5.32 Å². The molecule has 0 aliphatic rings. The third kappa shape index (κ3) is 4.37. The van der Waals surface area contributed by atoms with Crippen molar-refractivity contribution >= 4 is 35.0 Å². The second kappa shape index (κ2) is 7.51. The summed E-state index contributed by atoms with van der Waals surface area (Å²) in [6, 6.07) is 12.8. The van der Waals surface area contributed by atoms with Gasteiger partial charge in [0.05, 0.1) is 11.9 Å². The molecule has 0 aliphatic heterocycles. The van der Waals surface area contributed by atoms with E-state index >= 15 is 0 Å². The summed E-state index contributed by atoms with van der Waals surface area (Å²) in [4.78, 5) is 16.0. The molecule has 2 aromatic carbocycles. The molecule has 1 N–H and O–H groups in total. The van der Waals surface area contributed by atoms with Crippen molar-refractivity contribution in [1.82, 2.24) is 4.98 Å². The number of amides is 1. The lowest BCUT2D eigenvalue weighted by molar-refractivity contribution is -0.113. The number of anilines is 1. The van der Waals surface area contributed by atoms with Crippen LogP contribution in [0.3, 0.4) is 0 Å². The van der Waals surface area contributed by atoms with Gasteiger partial charge in [0.25, 0.3) is 5.22 Å². The van der Waals surface area contributed by atoms with Crippen molar-refractivity contribution in [1.29, 1.82) is 0 Å². The number of nitrogens with one attached hydrogen (secondary N) is 1. The standard InChI is InChI=1S/C17H12ClFN2O2S/c18-12-3-7-14(8-4-12)21-16(22)10-24-17-20-9-15(23-17)11-1-5-13(19)6-2-11/h1-9H,10H2,(H,21,22). The number of halogens is 2. The number of hydrogen-bond donors (Lipinski definition) is 1. The number of benzene rings is 2. The van der Waals surface area contributed by atoms with Gasteiger partial charge < -0.3 is 9.73 Å². The number of oxazole rings is 1. The van der Waals surface area contributed by atoms with E-state index in [1.807, 2.05) is 0 Å². The van der Waals surface area contributed by atoms with E-state index in [2.05, 4.69) is 10.3 Å². The Morgan fingerprint density at radius 3 is 2.58 bits per heavy atom. The molecule has 0 atom stereocenters. The van der Waals surface area contributed by atoms with Crippen LogP contribution in [-0.2, 0) is 4.79 Å². The van der Waals surface area contributed by atoms with Crippen LogP contribution in [-0.4, -0.2) is 16.6 Å². The third-order valence-electron chi connectivity index (χ3n) is 3.07. The van der Waals surface area contributed by atoms with Gasteiger partial charge in [-0.1, -0.05) is 23.4 Å². The maximum Gasteiger partial charge on any atom is 0.256 e. The van der Waals surface area contributed by atoms with E-state index in [9.17, 15) is 9.18 Å². The quantitative estimate of drug-likeness (QED) is 0.658. The topological polar surface area (TPSA) is 55.1 Å². The summed E-state index contributed by atoms with van der Waals surface area (Å²) >= 11 is 6.97. The molecule has 0 saturated heterocycles. The Bertz CT molecular complexity index is 835. The van der Waals surface area contributed by atoms with E-state index in [-0.39, 0.29) is 17.5 Å². The molecule has 4 nitrogen and oxygen atoms in total. The van der Waals surface area contributed by atoms with Crippen molar-refractivity contribution in [3.63, 3.8) is 0 Å². The van der Waals surface area contributed by atoms with E-state index in [1.165, 1.54) is 23.9 Å². The highest BCUT2D eigenvalue weighted by Crippen LogP contribution is 2.25. The first-order valence-electron chi connectivity index (χ1n) is 7.00. The van der Waals surface area contributed by atoms with E-state index in [1.54, 1.807) is 42.6 Å². The van der Waals surface area contributed by atoms with Crippen LogP contribution in [0.25, 0.3) is 11.3 Å². The number of carbonyl (C=O) groups is 1. The summed E-state index contributed by atoms with van der Waals surface area (Å²) in [7, 11) is 0. The van der Waals surface area contributed by atoms with Crippen molar-refractivity contribution in [2.75, 3.05) is 11.1 Å². The molecule has 24 heavy (non-hydrogen) atoms. The third-order valence-corrected chi connectivity index (χ3v) is 4.16. The van der Waals surface area contributed by atoms with Crippen molar-refractivity contribution in [3.05, 3.63) is 65.6 Å². The molecule has 1 amide bonds. The van der Waals surface area contributed by atoms with Gasteiger partial charge in [-0.15, -0.1) is 0 Å². The SMILES string of the molecule is O=C(CSc1ncc(-c2ccc(F)cc2)o1)Nc1ccc(Cl)cc1. The van der Waals surface area contributed by atoms with Gasteiger partial charge >= 0.3 is 0 Å². The lowest BCUT2D eigenvalue weighted by Crippen LogP contribution is -2.13. The Balaban J connectivity index is 1.56. The van der Waals surface area contributed by atoms with E-state index < -0.39 is 0 Å². The number of carbonyl (C=O) groups excluding carboxylic acids is 1. The van der Waals surface area contributed by atoms with Crippen molar-refractivity contribution in [3.8, 4) is 11.3 Å². The first kappa shape index (κ1) is 16.5. The van der Waals surface area contributed by atoms with E-state index in [4.69, 9.17) is 16.0 Å². The Morgan fingerprint density at radius 1 is 1.17 bits per heavy atom. The molecule has 122 valence electrons. The largest absolute Gasteiger partial charge is 0.431 e. The van der Waals surface area contributed by atoms with Crippen LogP contribution in [0, 0.1) is 5.82 Å². The molecule has 1 aromatic heterocycles. The Kier molecular flexibility index (Phi) is 5.17. The smallest absolute Gasteiger partial charge is 0.256 e. The van der Waals surface area contributed by atoms with Gasteiger partial charge in [-0.05, 0) is 48.5 Å². The normalized spacial score (nSPS) is 10.6. The predicted octanol–water partition coefficient (Wildman–Crippen LogP) is 4.86. The van der Waals surface area contributed by atoms with E-state index in [0.717, 1.165) is 5.56 Å². The van der Waals surface area contributed by atoms with Crippen LogP contribution in [0.1, 0.15) is 0 Å². The molecular formula is C17H12ClFN2O2S.